The van der Waals surface area contributed by atoms with Gasteiger partial charge in [-0.05, 0) is 68.4 Å². The molecule has 258 valence electrons. The molecular weight excluding hydrogens is 596 g/mol. The molecule has 5 atom stereocenters. The second kappa shape index (κ2) is 17.2. The lowest BCUT2D eigenvalue weighted by atomic mass is 9.92. The number of hydrogen-bond donors (Lipinski definition) is 4. The molecule has 0 bridgehead atoms. The molecule has 1 aromatic rings. The summed E-state index contributed by atoms with van der Waals surface area (Å²) < 4.78 is 11.6. The van der Waals surface area contributed by atoms with Crippen molar-refractivity contribution in [1.82, 2.24) is 21.3 Å². The predicted octanol–water partition coefficient (Wildman–Crippen LogP) is 3.55. The summed E-state index contributed by atoms with van der Waals surface area (Å²) in [6.45, 7) is 11.4. The fraction of sp³-hybridized carbons (Fsp3) is 0.622. The van der Waals surface area contributed by atoms with Crippen LogP contribution in [0.5, 0.6) is 0 Å². The summed E-state index contributed by atoms with van der Waals surface area (Å²) in [5.41, 5.74) is 1.16. The minimum absolute atomic E-state index is 0.0615. The Hall–Kier alpha value is -3.34. The van der Waals surface area contributed by atoms with E-state index in [2.05, 4.69) is 33.4 Å². The minimum atomic E-state index is -0.940. The molecule has 0 aromatic heterocycles. The number of benzene rings is 1. The average Bonchev–Trinajstić information content (AvgIpc) is 3.77. The predicted molar refractivity (Wildman–Crippen MR) is 181 cm³/mol. The first kappa shape index (κ1) is 36.5. The second-order valence-corrected chi connectivity index (χ2v) is 14.2. The number of carbonyl (C=O) groups is 4. The van der Waals surface area contributed by atoms with Crippen molar-refractivity contribution in [2.45, 2.75) is 115 Å². The van der Waals surface area contributed by atoms with Crippen LogP contribution >= 0.6 is 0 Å². The molecule has 4 rings (SSSR count). The van der Waals surface area contributed by atoms with E-state index in [4.69, 9.17) is 9.47 Å². The molecule has 3 amide bonds. The number of nitrogens with one attached hydrogen (secondary N) is 4. The van der Waals surface area contributed by atoms with Crippen LogP contribution in [0.4, 0.5) is 0 Å². The molecule has 47 heavy (non-hydrogen) atoms. The third kappa shape index (κ3) is 11.4. The monoisotopic (exact) mass is 650 g/mol. The van der Waals surface area contributed by atoms with E-state index in [0.717, 1.165) is 24.0 Å². The Morgan fingerprint density at radius 3 is 2.09 bits per heavy atom. The summed E-state index contributed by atoms with van der Waals surface area (Å²) in [6.07, 6.45) is 9.32. The maximum Gasteiger partial charge on any atom is 0.249 e. The van der Waals surface area contributed by atoms with Crippen LogP contribution in [-0.4, -0.2) is 79.1 Å². The maximum absolute atomic E-state index is 13.9. The Balaban J connectivity index is 1.49. The van der Waals surface area contributed by atoms with Crippen LogP contribution in [-0.2, 0) is 35.1 Å². The molecule has 2 heterocycles. The molecule has 2 saturated heterocycles. The van der Waals surface area contributed by atoms with Gasteiger partial charge in [0.05, 0.1) is 18.8 Å². The number of amides is 3. The van der Waals surface area contributed by atoms with Crippen LogP contribution in [0.25, 0.3) is 0 Å². The van der Waals surface area contributed by atoms with E-state index in [-0.39, 0.29) is 36.1 Å². The summed E-state index contributed by atoms with van der Waals surface area (Å²) in [6, 6.07) is 7.39. The number of epoxide rings is 1. The van der Waals surface area contributed by atoms with E-state index in [1.54, 1.807) is 6.92 Å². The van der Waals surface area contributed by atoms with Crippen LogP contribution in [0.15, 0.2) is 54.1 Å². The topological polar surface area (TPSA) is 138 Å². The summed E-state index contributed by atoms with van der Waals surface area (Å²) in [4.78, 5) is 54.8. The van der Waals surface area contributed by atoms with Crippen molar-refractivity contribution in [3.05, 3.63) is 59.7 Å². The van der Waals surface area contributed by atoms with E-state index in [1.165, 1.54) is 0 Å². The van der Waals surface area contributed by atoms with Crippen LogP contribution < -0.4 is 21.3 Å². The smallest absolute Gasteiger partial charge is 0.249 e. The zero-order valence-electron chi connectivity index (χ0n) is 28.7. The third-order valence-corrected chi connectivity index (χ3v) is 8.85. The summed E-state index contributed by atoms with van der Waals surface area (Å²) in [5.74, 6) is -1.12. The molecule has 10 heteroatoms. The minimum Gasteiger partial charge on any atom is -0.363 e. The van der Waals surface area contributed by atoms with Gasteiger partial charge in [0.25, 0.3) is 0 Å². The summed E-state index contributed by atoms with van der Waals surface area (Å²) in [7, 11) is 0. The van der Waals surface area contributed by atoms with Gasteiger partial charge in [-0.2, -0.15) is 0 Å². The highest BCUT2D eigenvalue weighted by molar-refractivity contribution is 5.98. The standard InChI is InChI=1S/C37H54N4O6/c1-24(2)18-29(33(42)37(5)23-46-37)39-35(44)31(20-27-14-10-7-11-15-27)40-34(43)30(19-25(3)4)41-36(45)32(47-28-21-38-22-28)17-16-26-12-8-6-9-13-26/h6,8-10,12-15,24-25,28-32,38H,7,11,16-23H2,1-5H3,(H,39,44)(H,40,43)(H,41,45)/t29-,30-,31-,32-,37+/m0/s1. The van der Waals surface area contributed by atoms with Crippen molar-refractivity contribution >= 4 is 23.5 Å². The maximum atomic E-state index is 13.9. The molecule has 4 N–H and O–H groups in total. The molecule has 3 aliphatic rings. The van der Waals surface area contributed by atoms with Gasteiger partial charge in [0, 0.05) is 19.5 Å². The van der Waals surface area contributed by atoms with Gasteiger partial charge in [-0.1, -0.05) is 76.3 Å². The van der Waals surface area contributed by atoms with Gasteiger partial charge in [-0.25, -0.2) is 0 Å². The zero-order chi connectivity index (χ0) is 34.0. The van der Waals surface area contributed by atoms with Crippen molar-refractivity contribution < 1.29 is 28.7 Å². The first-order valence-electron chi connectivity index (χ1n) is 17.3. The van der Waals surface area contributed by atoms with Crippen LogP contribution in [0.2, 0.25) is 0 Å². The van der Waals surface area contributed by atoms with Crippen LogP contribution in [0.3, 0.4) is 0 Å². The van der Waals surface area contributed by atoms with Crippen LogP contribution in [0, 0.1) is 11.8 Å². The van der Waals surface area contributed by atoms with E-state index >= 15 is 0 Å². The van der Waals surface area contributed by atoms with Gasteiger partial charge in [0.1, 0.15) is 23.8 Å². The molecule has 0 radical (unpaired) electrons. The number of ether oxygens (including phenoxy) is 2. The Bertz CT molecular complexity index is 1280. The average molecular weight is 651 g/mol. The highest BCUT2D eigenvalue weighted by Gasteiger charge is 2.50. The van der Waals surface area contributed by atoms with Crippen molar-refractivity contribution in [3.8, 4) is 0 Å². The molecule has 0 saturated carbocycles. The molecule has 1 aliphatic carbocycles. The van der Waals surface area contributed by atoms with Gasteiger partial charge in [0.15, 0.2) is 5.78 Å². The number of aryl methyl sites for hydroxylation is 1. The molecule has 1 aromatic carbocycles. The van der Waals surface area contributed by atoms with Gasteiger partial charge in [0.2, 0.25) is 17.7 Å². The third-order valence-electron chi connectivity index (χ3n) is 8.85. The van der Waals surface area contributed by atoms with Gasteiger partial charge < -0.3 is 30.7 Å². The largest absolute Gasteiger partial charge is 0.363 e. The Labute approximate surface area is 279 Å². The highest BCUT2D eigenvalue weighted by atomic mass is 16.6. The Morgan fingerprint density at radius 1 is 0.894 bits per heavy atom. The lowest BCUT2D eigenvalue weighted by Gasteiger charge is -2.32. The number of allylic oxidation sites excluding steroid dienone is 3. The highest BCUT2D eigenvalue weighted by Crippen LogP contribution is 2.30. The van der Waals surface area contributed by atoms with E-state index in [0.29, 0.717) is 45.4 Å². The molecule has 2 fully saturated rings. The van der Waals surface area contributed by atoms with Gasteiger partial charge in [-0.15, -0.1) is 0 Å². The second-order valence-electron chi connectivity index (χ2n) is 14.2. The number of rotatable bonds is 19. The molecule has 0 unspecified atom stereocenters. The molecular formula is C37H54N4O6. The lowest BCUT2D eigenvalue weighted by molar-refractivity contribution is -0.142. The number of hydrogen-bond acceptors (Lipinski definition) is 7. The fourth-order valence-electron chi connectivity index (χ4n) is 5.89. The number of ketones is 1. The van der Waals surface area contributed by atoms with E-state index < -0.39 is 41.6 Å². The quantitative estimate of drug-likeness (QED) is 0.168. The van der Waals surface area contributed by atoms with Crippen LogP contribution in [0.1, 0.15) is 78.7 Å². The SMILES string of the molecule is CC(C)C[C@H](NC(=O)[C@H](CCc1ccccc1)OC1CNC1)C(=O)N[C@@H](CC1=CCCC=C1)C(=O)N[C@@H](CC(C)C)C(=O)[C@@]1(C)CO1. The van der Waals surface area contributed by atoms with E-state index in [1.807, 2.05) is 64.1 Å². The van der Waals surface area contributed by atoms with Crippen molar-refractivity contribution in [3.63, 3.8) is 0 Å². The van der Waals surface area contributed by atoms with Crippen molar-refractivity contribution in [2.75, 3.05) is 19.7 Å². The molecule has 0 spiro atoms. The van der Waals surface area contributed by atoms with Gasteiger partial charge >= 0.3 is 0 Å². The normalized spacial score (nSPS) is 21.6. The fourth-order valence-corrected chi connectivity index (χ4v) is 5.89. The number of Topliss-reactive ketones (excluding diaryl/α,β-unsaturated/α-hetero) is 1. The Morgan fingerprint density at radius 2 is 1.51 bits per heavy atom. The molecule has 10 nitrogen and oxygen atoms in total. The first-order chi connectivity index (χ1) is 22.4. The number of carbonyl (C=O) groups excluding carboxylic acids is 4. The van der Waals surface area contributed by atoms with Crippen molar-refractivity contribution in [2.24, 2.45) is 11.8 Å². The van der Waals surface area contributed by atoms with Crippen molar-refractivity contribution in [1.29, 1.82) is 0 Å². The summed E-state index contributed by atoms with van der Waals surface area (Å²) in [5, 5.41) is 12.0. The zero-order valence-corrected chi connectivity index (χ0v) is 28.7. The first-order valence-corrected chi connectivity index (χ1v) is 17.3. The summed E-state index contributed by atoms with van der Waals surface area (Å²) >= 11 is 0. The van der Waals surface area contributed by atoms with Gasteiger partial charge in [-0.3, -0.25) is 19.2 Å². The Kier molecular flexibility index (Phi) is 13.3. The van der Waals surface area contributed by atoms with E-state index in [9.17, 15) is 19.2 Å². The lowest BCUT2D eigenvalue weighted by Crippen LogP contribution is -2.58. The molecule has 2 aliphatic heterocycles.